The van der Waals surface area contributed by atoms with Crippen molar-refractivity contribution in [2.45, 2.75) is 18.9 Å². The minimum absolute atomic E-state index is 0.284. The molecule has 1 aromatic carbocycles. The van der Waals surface area contributed by atoms with E-state index in [0.29, 0.717) is 12.8 Å². The molecule has 4 amide bonds. The summed E-state index contributed by atoms with van der Waals surface area (Å²) in [5.74, 6) is -2.38. The van der Waals surface area contributed by atoms with Crippen molar-refractivity contribution in [2.24, 2.45) is 11.5 Å². The first-order valence-corrected chi connectivity index (χ1v) is 6.27. The van der Waals surface area contributed by atoms with Crippen LogP contribution in [0, 0.1) is 5.82 Å². The topological polar surface area (TPSA) is 127 Å². The number of aryl methyl sites for hydroxylation is 1. The van der Waals surface area contributed by atoms with Crippen molar-refractivity contribution in [1.82, 2.24) is 10.6 Å². The quantitative estimate of drug-likeness (QED) is 0.396. The van der Waals surface area contributed by atoms with E-state index in [9.17, 15) is 18.8 Å². The van der Waals surface area contributed by atoms with Gasteiger partial charge >= 0.3 is 6.03 Å². The fraction of sp³-hybridized carbons (Fsp3) is 0.308. The summed E-state index contributed by atoms with van der Waals surface area (Å²) in [7, 11) is 0. The molecule has 1 aromatic rings. The number of carbonyl (C=O) groups is 3. The third kappa shape index (κ3) is 5.89. The van der Waals surface area contributed by atoms with Crippen molar-refractivity contribution in [3.05, 3.63) is 35.6 Å². The average molecular weight is 296 g/mol. The first kappa shape index (κ1) is 16.4. The van der Waals surface area contributed by atoms with Gasteiger partial charge in [0, 0.05) is 6.54 Å². The molecular formula is C13H17FN4O3. The van der Waals surface area contributed by atoms with Crippen LogP contribution in [-0.2, 0) is 16.0 Å². The van der Waals surface area contributed by atoms with Gasteiger partial charge in [-0.15, -0.1) is 0 Å². The van der Waals surface area contributed by atoms with Gasteiger partial charge in [-0.1, -0.05) is 12.1 Å². The second-order valence-electron chi connectivity index (χ2n) is 4.37. The number of urea groups is 1. The molecule has 0 aliphatic carbocycles. The Balaban J connectivity index is 2.30. The lowest BCUT2D eigenvalue weighted by molar-refractivity contribution is -0.128. The number of primary amides is 2. The number of carbonyl (C=O) groups excluding carboxylic acids is 3. The Morgan fingerprint density at radius 2 is 1.86 bits per heavy atom. The van der Waals surface area contributed by atoms with Crippen molar-refractivity contribution >= 4 is 17.8 Å². The van der Waals surface area contributed by atoms with Crippen LogP contribution in [0.1, 0.15) is 12.0 Å². The van der Waals surface area contributed by atoms with E-state index in [2.05, 4.69) is 10.6 Å². The highest BCUT2D eigenvalue weighted by molar-refractivity contribution is 6.05. The first-order valence-electron chi connectivity index (χ1n) is 6.27. The zero-order chi connectivity index (χ0) is 15.8. The van der Waals surface area contributed by atoms with Gasteiger partial charge in [-0.25, -0.2) is 9.18 Å². The van der Waals surface area contributed by atoms with Crippen molar-refractivity contribution < 1.29 is 18.8 Å². The van der Waals surface area contributed by atoms with Crippen molar-refractivity contribution in [1.29, 1.82) is 0 Å². The smallest absolute Gasteiger partial charge is 0.315 e. The van der Waals surface area contributed by atoms with E-state index in [1.165, 1.54) is 12.1 Å². The predicted octanol–water partition coefficient (Wildman–Crippen LogP) is -0.603. The maximum Gasteiger partial charge on any atom is 0.315 e. The Morgan fingerprint density at radius 1 is 1.19 bits per heavy atom. The third-order valence-corrected chi connectivity index (χ3v) is 2.66. The van der Waals surface area contributed by atoms with Crippen LogP contribution >= 0.6 is 0 Å². The van der Waals surface area contributed by atoms with Crippen molar-refractivity contribution in [3.8, 4) is 0 Å². The highest BCUT2D eigenvalue weighted by Gasteiger charge is 2.23. The number of nitrogens with two attached hydrogens (primary N) is 2. The molecule has 0 spiro atoms. The van der Waals surface area contributed by atoms with Crippen LogP contribution in [0.5, 0.6) is 0 Å². The van der Waals surface area contributed by atoms with Crippen LogP contribution in [-0.4, -0.2) is 30.4 Å². The van der Waals surface area contributed by atoms with Crippen LogP contribution < -0.4 is 22.1 Å². The minimum Gasteiger partial charge on any atom is -0.367 e. The molecule has 8 heteroatoms. The Hall–Kier alpha value is -2.64. The number of halogens is 1. The van der Waals surface area contributed by atoms with Gasteiger partial charge in [-0.05, 0) is 30.5 Å². The fourth-order valence-corrected chi connectivity index (χ4v) is 1.65. The van der Waals surface area contributed by atoms with Crippen molar-refractivity contribution in [3.63, 3.8) is 0 Å². The van der Waals surface area contributed by atoms with Crippen LogP contribution in [0.2, 0.25) is 0 Å². The van der Waals surface area contributed by atoms with Gasteiger partial charge in [0.1, 0.15) is 5.82 Å². The largest absolute Gasteiger partial charge is 0.367 e. The van der Waals surface area contributed by atoms with Crippen LogP contribution in [0.15, 0.2) is 24.3 Å². The number of rotatable bonds is 7. The number of hydrogen-bond donors (Lipinski definition) is 4. The third-order valence-electron chi connectivity index (χ3n) is 2.66. The molecule has 0 aromatic heterocycles. The van der Waals surface area contributed by atoms with Gasteiger partial charge in [0.15, 0.2) is 6.04 Å². The maximum absolute atomic E-state index is 12.9. The first-order chi connectivity index (χ1) is 9.90. The molecule has 21 heavy (non-hydrogen) atoms. The Bertz CT molecular complexity index is 522. The minimum atomic E-state index is -1.55. The second kappa shape index (κ2) is 7.83. The lowest BCUT2D eigenvalue weighted by Gasteiger charge is -2.12. The lowest BCUT2D eigenvalue weighted by atomic mass is 10.1. The molecule has 7 nitrogen and oxygen atoms in total. The average Bonchev–Trinajstić information content (AvgIpc) is 2.40. The standard InChI is InChI=1S/C13H17FN4O3/c14-9-5-1-3-8(7-9)4-2-6-17-13(21)18-10(11(15)19)12(16)20/h1,3,5,7,10H,2,4,6H2,(H2,15,19)(H2,16,20)(H2,17,18,21). The molecule has 0 bridgehead atoms. The molecule has 114 valence electrons. The maximum atomic E-state index is 12.9. The molecule has 0 aliphatic rings. The number of amides is 4. The Morgan fingerprint density at radius 3 is 2.43 bits per heavy atom. The molecule has 6 N–H and O–H groups in total. The summed E-state index contributed by atoms with van der Waals surface area (Å²) in [6.07, 6.45) is 1.14. The highest BCUT2D eigenvalue weighted by Crippen LogP contribution is 2.05. The van der Waals surface area contributed by atoms with E-state index in [1.54, 1.807) is 12.1 Å². The van der Waals surface area contributed by atoms with Gasteiger partial charge in [0.2, 0.25) is 11.8 Å². The molecule has 1 rings (SSSR count). The van der Waals surface area contributed by atoms with Crippen molar-refractivity contribution in [2.75, 3.05) is 6.54 Å². The summed E-state index contributed by atoms with van der Waals surface area (Å²) >= 11 is 0. The normalized spacial score (nSPS) is 10.2. The highest BCUT2D eigenvalue weighted by atomic mass is 19.1. The van der Waals surface area contributed by atoms with Crippen LogP contribution in [0.3, 0.4) is 0 Å². The SMILES string of the molecule is NC(=O)C(NC(=O)NCCCc1cccc(F)c1)C(N)=O. The molecule has 0 fully saturated rings. The molecule has 0 aliphatic heterocycles. The van der Waals surface area contributed by atoms with Crippen LogP contribution in [0.25, 0.3) is 0 Å². The Kier molecular flexibility index (Phi) is 6.12. The number of hydrogen-bond acceptors (Lipinski definition) is 3. The van der Waals surface area contributed by atoms with Crippen LogP contribution in [0.4, 0.5) is 9.18 Å². The monoisotopic (exact) mass is 296 g/mol. The molecule has 0 atom stereocenters. The second-order valence-corrected chi connectivity index (χ2v) is 4.37. The predicted molar refractivity (Wildman–Crippen MR) is 73.4 cm³/mol. The summed E-state index contributed by atoms with van der Waals surface area (Å²) in [5, 5.41) is 4.51. The Labute approximate surface area is 120 Å². The van der Waals surface area contributed by atoms with Gasteiger partial charge in [-0.3, -0.25) is 9.59 Å². The number of nitrogens with one attached hydrogen (secondary N) is 2. The van der Waals surface area contributed by atoms with E-state index >= 15 is 0 Å². The van der Waals surface area contributed by atoms with E-state index in [0.717, 1.165) is 5.56 Å². The number of benzene rings is 1. The molecule has 0 saturated carbocycles. The van der Waals surface area contributed by atoms with Gasteiger partial charge in [-0.2, -0.15) is 0 Å². The van der Waals surface area contributed by atoms with E-state index in [-0.39, 0.29) is 12.4 Å². The van der Waals surface area contributed by atoms with E-state index < -0.39 is 23.9 Å². The summed E-state index contributed by atoms with van der Waals surface area (Å²) in [6.45, 7) is 0.284. The molecule has 0 unspecified atom stereocenters. The molecule has 0 heterocycles. The summed E-state index contributed by atoms with van der Waals surface area (Å²) in [6, 6.07) is 3.87. The fourth-order valence-electron chi connectivity index (χ4n) is 1.65. The van der Waals surface area contributed by atoms with E-state index in [1.807, 2.05) is 0 Å². The van der Waals surface area contributed by atoms with Gasteiger partial charge in [0.25, 0.3) is 0 Å². The lowest BCUT2D eigenvalue weighted by Crippen LogP contribution is -2.55. The zero-order valence-corrected chi connectivity index (χ0v) is 11.3. The zero-order valence-electron chi connectivity index (χ0n) is 11.3. The summed E-state index contributed by atoms with van der Waals surface area (Å²) < 4.78 is 12.9. The summed E-state index contributed by atoms with van der Waals surface area (Å²) in [5.41, 5.74) is 10.6. The molecule has 0 saturated heterocycles. The summed E-state index contributed by atoms with van der Waals surface area (Å²) in [4.78, 5) is 33.2. The van der Waals surface area contributed by atoms with Gasteiger partial charge < -0.3 is 22.1 Å². The van der Waals surface area contributed by atoms with E-state index in [4.69, 9.17) is 11.5 Å². The molecule has 0 radical (unpaired) electrons. The molecular weight excluding hydrogens is 279 g/mol. The van der Waals surface area contributed by atoms with Gasteiger partial charge in [0.05, 0.1) is 0 Å².